The molecular formula is C17H17ClF3N5O2. The summed E-state index contributed by atoms with van der Waals surface area (Å²) in [5.74, 6) is 0.268. The number of piperidine rings is 1. The van der Waals surface area contributed by atoms with E-state index in [0.29, 0.717) is 19.0 Å². The molecule has 1 aromatic carbocycles. The van der Waals surface area contributed by atoms with Crippen LogP contribution in [0.2, 0.25) is 5.02 Å². The van der Waals surface area contributed by atoms with Crippen molar-refractivity contribution in [2.24, 2.45) is 5.92 Å². The van der Waals surface area contributed by atoms with Crippen molar-refractivity contribution in [1.82, 2.24) is 9.97 Å². The van der Waals surface area contributed by atoms with Crippen LogP contribution in [-0.4, -0.2) is 28.0 Å². The maximum atomic E-state index is 13.0. The second-order valence-corrected chi connectivity index (χ2v) is 7.07. The van der Waals surface area contributed by atoms with Crippen LogP contribution in [-0.2, 0) is 6.18 Å². The van der Waals surface area contributed by atoms with E-state index in [1.165, 1.54) is 0 Å². The van der Waals surface area contributed by atoms with Crippen LogP contribution in [0.15, 0.2) is 24.5 Å². The fourth-order valence-electron chi connectivity index (χ4n) is 3.17. The molecule has 0 saturated carbocycles. The number of hydrogen-bond donors (Lipinski definition) is 1. The molecule has 11 heteroatoms. The van der Waals surface area contributed by atoms with Gasteiger partial charge in [-0.2, -0.15) is 13.2 Å². The van der Waals surface area contributed by atoms with Gasteiger partial charge in [0, 0.05) is 13.1 Å². The number of nitrogens with zero attached hydrogens (tertiary/aromatic N) is 4. The number of anilines is 3. The fourth-order valence-corrected chi connectivity index (χ4v) is 3.33. The molecule has 1 N–H and O–H groups in total. The van der Waals surface area contributed by atoms with Crippen molar-refractivity contribution in [1.29, 1.82) is 0 Å². The first-order valence-corrected chi connectivity index (χ1v) is 8.92. The average Bonchev–Trinajstić information content (AvgIpc) is 2.62. The maximum Gasteiger partial charge on any atom is 0.416 e. The highest BCUT2D eigenvalue weighted by atomic mass is 35.5. The van der Waals surface area contributed by atoms with Crippen molar-refractivity contribution < 1.29 is 18.1 Å². The van der Waals surface area contributed by atoms with Crippen molar-refractivity contribution in [2.75, 3.05) is 23.3 Å². The van der Waals surface area contributed by atoms with Crippen molar-refractivity contribution in [3.8, 4) is 0 Å². The molecule has 2 heterocycles. The van der Waals surface area contributed by atoms with E-state index in [1.807, 2.05) is 6.92 Å². The standard InChI is InChI=1S/C17H17ClF3N5O2/c1-10-3-2-6-25(8-10)16-14(26(27)28)15(22-9-23-16)24-13-7-11(17(19,20)21)4-5-12(13)18/h4-5,7,9-10H,2-3,6,8H2,1H3,(H,22,23,24). The predicted octanol–water partition coefficient (Wildman–Crippen LogP) is 5.04. The topological polar surface area (TPSA) is 84.2 Å². The molecular weight excluding hydrogens is 399 g/mol. The molecule has 2 aromatic rings. The van der Waals surface area contributed by atoms with Crippen LogP contribution < -0.4 is 10.2 Å². The molecule has 28 heavy (non-hydrogen) atoms. The maximum absolute atomic E-state index is 13.0. The van der Waals surface area contributed by atoms with Crippen LogP contribution in [0.3, 0.4) is 0 Å². The molecule has 0 amide bonds. The third-order valence-electron chi connectivity index (χ3n) is 4.49. The van der Waals surface area contributed by atoms with Gasteiger partial charge in [-0.05, 0) is 37.0 Å². The lowest BCUT2D eigenvalue weighted by atomic mass is 10.0. The third kappa shape index (κ3) is 4.27. The Kier molecular flexibility index (Phi) is 5.59. The number of aromatic nitrogens is 2. The summed E-state index contributed by atoms with van der Waals surface area (Å²) >= 11 is 5.98. The Morgan fingerprint density at radius 3 is 2.75 bits per heavy atom. The van der Waals surface area contributed by atoms with Crippen molar-refractivity contribution in [2.45, 2.75) is 25.9 Å². The van der Waals surface area contributed by atoms with Crippen LogP contribution in [0.25, 0.3) is 0 Å². The van der Waals surface area contributed by atoms with Gasteiger partial charge in [0.15, 0.2) is 0 Å². The van der Waals surface area contributed by atoms with Gasteiger partial charge in [-0.25, -0.2) is 9.97 Å². The summed E-state index contributed by atoms with van der Waals surface area (Å²) in [6.45, 7) is 3.24. The van der Waals surface area contributed by atoms with E-state index in [1.54, 1.807) is 4.90 Å². The Bertz CT molecular complexity index is 894. The van der Waals surface area contributed by atoms with E-state index in [-0.39, 0.29) is 22.3 Å². The summed E-state index contributed by atoms with van der Waals surface area (Å²) in [5, 5.41) is 14.3. The Labute approximate surface area is 163 Å². The summed E-state index contributed by atoms with van der Waals surface area (Å²) in [6.07, 6.45) is -1.55. The number of hydrogen-bond acceptors (Lipinski definition) is 6. The minimum atomic E-state index is -4.58. The summed E-state index contributed by atoms with van der Waals surface area (Å²) in [5.41, 5.74) is -1.46. The number of benzene rings is 1. The Morgan fingerprint density at radius 2 is 2.11 bits per heavy atom. The van der Waals surface area contributed by atoms with Gasteiger partial charge in [0.05, 0.1) is 21.2 Å². The van der Waals surface area contributed by atoms with Gasteiger partial charge >= 0.3 is 11.9 Å². The zero-order chi connectivity index (χ0) is 20.5. The molecule has 1 aromatic heterocycles. The summed E-state index contributed by atoms with van der Waals surface area (Å²) in [6, 6.07) is 2.70. The smallest absolute Gasteiger partial charge is 0.350 e. The Hall–Kier alpha value is -2.62. The molecule has 1 atom stereocenters. The third-order valence-corrected chi connectivity index (χ3v) is 4.82. The number of alkyl halides is 3. The predicted molar refractivity (Wildman–Crippen MR) is 99.0 cm³/mol. The minimum absolute atomic E-state index is 0.0194. The van der Waals surface area contributed by atoms with E-state index in [0.717, 1.165) is 37.4 Å². The Balaban J connectivity index is 2.01. The summed E-state index contributed by atoms with van der Waals surface area (Å²) in [7, 11) is 0. The number of rotatable bonds is 4. The van der Waals surface area contributed by atoms with E-state index >= 15 is 0 Å². The number of nitro groups is 1. The molecule has 1 fully saturated rings. The van der Waals surface area contributed by atoms with E-state index in [9.17, 15) is 23.3 Å². The SMILES string of the molecule is CC1CCCN(c2ncnc(Nc3cc(C(F)(F)F)ccc3Cl)c2[N+](=O)[O-])C1. The minimum Gasteiger partial charge on any atom is -0.350 e. The van der Waals surface area contributed by atoms with Crippen molar-refractivity contribution in [3.05, 3.63) is 45.2 Å². The van der Waals surface area contributed by atoms with Gasteiger partial charge in [0.1, 0.15) is 6.33 Å². The van der Waals surface area contributed by atoms with Gasteiger partial charge in [0.2, 0.25) is 11.6 Å². The fraction of sp³-hybridized carbons (Fsp3) is 0.412. The van der Waals surface area contributed by atoms with Gasteiger partial charge < -0.3 is 10.2 Å². The quantitative estimate of drug-likeness (QED) is 0.556. The van der Waals surface area contributed by atoms with Gasteiger partial charge in [0.25, 0.3) is 0 Å². The second-order valence-electron chi connectivity index (χ2n) is 6.66. The lowest BCUT2D eigenvalue weighted by molar-refractivity contribution is -0.383. The molecule has 1 aliphatic heterocycles. The first-order valence-electron chi connectivity index (χ1n) is 8.55. The highest BCUT2D eigenvalue weighted by Gasteiger charge is 2.32. The van der Waals surface area contributed by atoms with Gasteiger partial charge in [-0.1, -0.05) is 18.5 Å². The highest BCUT2D eigenvalue weighted by molar-refractivity contribution is 6.33. The van der Waals surface area contributed by atoms with Crippen LogP contribution in [0.5, 0.6) is 0 Å². The lowest BCUT2D eigenvalue weighted by Gasteiger charge is -2.31. The van der Waals surface area contributed by atoms with Crippen molar-refractivity contribution >= 4 is 34.6 Å². The molecule has 3 rings (SSSR count). The first-order chi connectivity index (χ1) is 13.2. The summed E-state index contributed by atoms with van der Waals surface area (Å²) < 4.78 is 38.9. The zero-order valence-corrected chi connectivity index (χ0v) is 15.6. The molecule has 1 saturated heterocycles. The van der Waals surface area contributed by atoms with Crippen molar-refractivity contribution in [3.63, 3.8) is 0 Å². The first kappa shape index (κ1) is 20.1. The number of halogens is 4. The van der Waals surface area contributed by atoms with Crippen LogP contribution in [0.1, 0.15) is 25.3 Å². The molecule has 0 bridgehead atoms. The van der Waals surface area contributed by atoms with Crippen LogP contribution in [0, 0.1) is 16.0 Å². The molecule has 0 aliphatic carbocycles. The van der Waals surface area contributed by atoms with Crippen LogP contribution in [0.4, 0.5) is 36.2 Å². The van der Waals surface area contributed by atoms with Gasteiger partial charge in [-0.3, -0.25) is 10.1 Å². The monoisotopic (exact) mass is 415 g/mol. The molecule has 7 nitrogen and oxygen atoms in total. The second kappa shape index (κ2) is 7.78. The summed E-state index contributed by atoms with van der Waals surface area (Å²) in [4.78, 5) is 20.8. The molecule has 0 spiro atoms. The highest BCUT2D eigenvalue weighted by Crippen LogP contribution is 2.38. The van der Waals surface area contributed by atoms with E-state index in [4.69, 9.17) is 11.6 Å². The largest absolute Gasteiger partial charge is 0.416 e. The normalized spacial score (nSPS) is 17.5. The molecule has 0 radical (unpaired) electrons. The van der Waals surface area contributed by atoms with Crippen LogP contribution >= 0.6 is 11.6 Å². The molecule has 1 aliphatic rings. The van der Waals surface area contributed by atoms with E-state index in [2.05, 4.69) is 15.3 Å². The van der Waals surface area contributed by atoms with E-state index < -0.39 is 22.4 Å². The lowest BCUT2D eigenvalue weighted by Crippen LogP contribution is -2.35. The average molecular weight is 416 g/mol. The molecule has 150 valence electrons. The molecule has 1 unspecified atom stereocenters. The van der Waals surface area contributed by atoms with Gasteiger partial charge in [-0.15, -0.1) is 0 Å². The number of nitrogens with one attached hydrogen (secondary N) is 1. The Morgan fingerprint density at radius 1 is 1.36 bits per heavy atom. The zero-order valence-electron chi connectivity index (χ0n) is 14.8.